The third-order valence-corrected chi connectivity index (χ3v) is 4.67. The van der Waals surface area contributed by atoms with Gasteiger partial charge in [-0.3, -0.25) is 14.5 Å². The molecule has 0 unspecified atom stereocenters. The summed E-state index contributed by atoms with van der Waals surface area (Å²) >= 11 is 6.28. The summed E-state index contributed by atoms with van der Waals surface area (Å²) in [4.78, 5) is 26.3. The monoisotopic (exact) mass is 369 g/mol. The fourth-order valence-electron chi connectivity index (χ4n) is 2.78. The van der Waals surface area contributed by atoms with E-state index in [2.05, 4.69) is 0 Å². The van der Waals surface area contributed by atoms with Gasteiger partial charge in [-0.05, 0) is 48.6 Å². The number of halogens is 1. The van der Waals surface area contributed by atoms with E-state index in [0.29, 0.717) is 30.0 Å². The molecule has 2 aromatic rings. The molecule has 0 aliphatic heterocycles. The lowest BCUT2D eigenvalue weighted by molar-refractivity contribution is -0.141. The van der Waals surface area contributed by atoms with E-state index >= 15 is 0 Å². The number of rotatable bonds is 6. The quantitative estimate of drug-likeness (QED) is 0.667. The van der Waals surface area contributed by atoms with Gasteiger partial charge in [-0.25, -0.2) is 0 Å². The van der Waals surface area contributed by atoms with Crippen molar-refractivity contribution in [1.82, 2.24) is 4.90 Å². The first-order chi connectivity index (χ1) is 12.4. The summed E-state index contributed by atoms with van der Waals surface area (Å²) in [6, 6.07) is 15.5. The van der Waals surface area contributed by atoms with Crippen LogP contribution in [0.15, 0.2) is 54.1 Å². The van der Waals surface area contributed by atoms with E-state index in [1.54, 1.807) is 12.1 Å². The highest BCUT2D eigenvalue weighted by atomic mass is 35.5. The van der Waals surface area contributed by atoms with Crippen LogP contribution in [0.3, 0.4) is 0 Å². The second-order valence-electron chi connectivity index (χ2n) is 6.20. The van der Waals surface area contributed by atoms with Crippen LogP contribution in [0, 0.1) is 6.92 Å². The molecule has 3 nitrogen and oxygen atoms in total. The van der Waals surface area contributed by atoms with Gasteiger partial charge in [0, 0.05) is 24.1 Å². The van der Waals surface area contributed by atoms with E-state index in [-0.39, 0.29) is 11.8 Å². The Hall–Kier alpha value is -2.39. The van der Waals surface area contributed by atoms with Gasteiger partial charge in [0.05, 0.1) is 0 Å². The molecular weight excluding hydrogens is 346 g/mol. The van der Waals surface area contributed by atoms with Crippen LogP contribution in [0.4, 0.5) is 0 Å². The molecule has 0 spiro atoms. The summed E-state index contributed by atoms with van der Waals surface area (Å²) in [7, 11) is 0. The second-order valence-corrected chi connectivity index (χ2v) is 6.61. The Morgan fingerprint density at radius 3 is 2.35 bits per heavy atom. The maximum atomic E-state index is 13.0. The lowest BCUT2D eigenvalue weighted by atomic mass is 10.0. The standard InChI is InChI=1S/C22H24ClNO2/c1-4-19(15-20-16(2)9-8-12-21(20)23)22(26)24(17(3)25)14-13-18-10-6-5-7-11-18/h5-12,15H,4,13-14H2,1-3H3. The van der Waals surface area contributed by atoms with Gasteiger partial charge in [0.2, 0.25) is 5.91 Å². The van der Waals surface area contributed by atoms with Crippen LogP contribution in [-0.4, -0.2) is 23.3 Å². The summed E-state index contributed by atoms with van der Waals surface area (Å²) in [5.41, 5.74) is 3.49. The predicted octanol–water partition coefficient (Wildman–Crippen LogP) is 5.06. The molecular formula is C22H24ClNO2. The van der Waals surface area contributed by atoms with Gasteiger partial charge in [-0.2, -0.15) is 0 Å². The van der Waals surface area contributed by atoms with Crippen LogP contribution < -0.4 is 0 Å². The van der Waals surface area contributed by atoms with Gasteiger partial charge in [0.25, 0.3) is 5.91 Å². The van der Waals surface area contributed by atoms with Crippen molar-refractivity contribution in [1.29, 1.82) is 0 Å². The molecule has 0 bridgehead atoms. The molecule has 0 radical (unpaired) electrons. The summed E-state index contributed by atoms with van der Waals surface area (Å²) in [5, 5.41) is 0.599. The van der Waals surface area contributed by atoms with Gasteiger partial charge in [0.15, 0.2) is 0 Å². The normalized spacial score (nSPS) is 11.3. The molecule has 0 aliphatic rings. The Kier molecular flexibility index (Phi) is 7.16. The van der Waals surface area contributed by atoms with Crippen LogP contribution in [0.25, 0.3) is 6.08 Å². The van der Waals surface area contributed by atoms with E-state index in [1.165, 1.54) is 11.8 Å². The zero-order valence-corrected chi connectivity index (χ0v) is 16.2. The predicted molar refractivity (Wildman–Crippen MR) is 107 cm³/mol. The SMILES string of the molecule is CCC(=Cc1c(C)cccc1Cl)C(=O)N(CCc1ccccc1)C(C)=O. The van der Waals surface area contributed by atoms with Gasteiger partial charge in [-0.15, -0.1) is 0 Å². The second kappa shape index (κ2) is 9.35. The summed E-state index contributed by atoms with van der Waals surface area (Å²) < 4.78 is 0. The van der Waals surface area contributed by atoms with E-state index < -0.39 is 0 Å². The van der Waals surface area contributed by atoms with Crippen LogP contribution in [0.2, 0.25) is 5.02 Å². The van der Waals surface area contributed by atoms with E-state index in [9.17, 15) is 9.59 Å². The molecule has 0 aliphatic carbocycles. The topological polar surface area (TPSA) is 37.4 Å². The average molecular weight is 370 g/mol. The first kappa shape index (κ1) is 19.9. The molecule has 0 atom stereocenters. The minimum atomic E-state index is -0.254. The summed E-state index contributed by atoms with van der Waals surface area (Å²) in [6.07, 6.45) is 2.96. The van der Waals surface area contributed by atoms with E-state index in [4.69, 9.17) is 11.6 Å². The number of nitrogens with zero attached hydrogens (tertiary/aromatic N) is 1. The van der Waals surface area contributed by atoms with Gasteiger partial charge in [0.1, 0.15) is 0 Å². The smallest absolute Gasteiger partial charge is 0.256 e. The van der Waals surface area contributed by atoms with Crippen LogP contribution in [-0.2, 0) is 16.0 Å². The minimum Gasteiger partial charge on any atom is -0.279 e. The lowest BCUT2D eigenvalue weighted by Gasteiger charge is -2.21. The van der Waals surface area contributed by atoms with Crippen LogP contribution >= 0.6 is 11.6 Å². The number of amides is 2. The van der Waals surface area contributed by atoms with Crippen molar-refractivity contribution in [3.8, 4) is 0 Å². The highest BCUT2D eigenvalue weighted by molar-refractivity contribution is 6.32. The Morgan fingerprint density at radius 2 is 1.77 bits per heavy atom. The van der Waals surface area contributed by atoms with Crippen molar-refractivity contribution >= 4 is 29.5 Å². The fourth-order valence-corrected chi connectivity index (χ4v) is 3.05. The largest absolute Gasteiger partial charge is 0.279 e. The molecule has 2 aromatic carbocycles. The Balaban J connectivity index is 2.25. The van der Waals surface area contributed by atoms with Crippen molar-refractivity contribution < 1.29 is 9.59 Å². The minimum absolute atomic E-state index is 0.249. The molecule has 0 N–H and O–H groups in total. The number of hydrogen-bond donors (Lipinski definition) is 0. The van der Waals surface area contributed by atoms with E-state index in [1.807, 2.05) is 56.3 Å². The van der Waals surface area contributed by atoms with E-state index in [0.717, 1.165) is 16.7 Å². The molecule has 2 rings (SSSR count). The van der Waals surface area contributed by atoms with Crippen LogP contribution in [0.5, 0.6) is 0 Å². The Labute approximate surface area is 160 Å². The first-order valence-electron chi connectivity index (χ1n) is 8.76. The Morgan fingerprint density at radius 1 is 1.08 bits per heavy atom. The van der Waals surface area contributed by atoms with Gasteiger partial charge >= 0.3 is 0 Å². The Bertz CT molecular complexity index is 792. The summed E-state index contributed by atoms with van der Waals surface area (Å²) in [5.74, 6) is -0.503. The number of benzene rings is 2. The first-order valence-corrected chi connectivity index (χ1v) is 9.13. The number of hydrogen-bond acceptors (Lipinski definition) is 2. The highest BCUT2D eigenvalue weighted by Crippen LogP contribution is 2.24. The fraction of sp³-hybridized carbons (Fsp3) is 0.273. The van der Waals surface area contributed by atoms with Crippen molar-refractivity contribution in [3.63, 3.8) is 0 Å². The van der Waals surface area contributed by atoms with Gasteiger partial charge in [-0.1, -0.05) is 61.0 Å². The molecule has 0 saturated heterocycles. The molecule has 136 valence electrons. The number of imide groups is 1. The van der Waals surface area contributed by atoms with Crippen molar-refractivity contribution in [3.05, 3.63) is 75.8 Å². The third-order valence-electron chi connectivity index (χ3n) is 4.34. The maximum absolute atomic E-state index is 13.0. The average Bonchev–Trinajstić information content (AvgIpc) is 2.62. The molecule has 26 heavy (non-hydrogen) atoms. The molecule has 4 heteroatoms. The van der Waals surface area contributed by atoms with Crippen LogP contribution in [0.1, 0.15) is 37.0 Å². The number of aryl methyl sites for hydroxylation is 1. The highest BCUT2D eigenvalue weighted by Gasteiger charge is 2.21. The zero-order chi connectivity index (χ0) is 19.1. The van der Waals surface area contributed by atoms with Crippen molar-refractivity contribution in [2.75, 3.05) is 6.54 Å². The molecule has 0 aromatic heterocycles. The summed E-state index contributed by atoms with van der Waals surface area (Å²) in [6.45, 7) is 5.65. The number of carbonyl (C=O) groups is 2. The maximum Gasteiger partial charge on any atom is 0.256 e. The molecule has 2 amide bonds. The zero-order valence-electron chi connectivity index (χ0n) is 15.5. The molecule has 0 fully saturated rings. The van der Waals surface area contributed by atoms with Crippen molar-refractivity contribution in [2.24, 2.45) is 0 Å². The molecule has 0 heterocycles. The van der Waals surface area contributed by atoms with Crippen molar-refractivity contribution in [2.45, 2.75) is 33.6 Å². The third kappa shape index (κ3) is 5.06. The number of carbonyl (C=O) groups excluding carboxylic acids is 2. The van der Waals surface area contributed by atoms with Gasteiger partial charge < -0.3 is 0 Å². The lowest BCUT2D eigenvalue weighted by Crippen LogP contribution is -2.37. The molecule has 0 saturated carbocycles.